The molecule has 174 valence electrons. The number of fused-ring (bicyclic) bond motifs is 3. The highest BCUT2D eigenvalue weighted by Crippen LogP contribution is 2.62. The first kappa shape index (κ1) is 23.9. The van der Waals surface area contributed by atoms with Gasteiger partial charge < -0.3 is 50.3 Å². The van der Waals surface area contributed by atoms with Gasteiger partial charge in [0.05, 0.1) is 31.5 Å². The molecule has 31 heavy (non-hydrogen) atoms. The largest absolute Gasteiger partial charge is 0.504 e. The smallest absolute Gasteiger partial charge is 0.289 e. The Labute approximate surface area is 180 Å². The monoisotopic (exact) mass is 443 g/mol. The number of phenols is 2. The summed E-state index contributed by atoms with van der Waals surface area (Å²) in [7, 11) is 3.53. The van der Waals surface area contributed by atoms with E-state index >= 15 is 0 Å². The molecular formula is C19H30BNO10. The van der Waals surface area contributed by atoms with Crippen LogP contribution in [0.1, 0.15) is 43.9 Å². The van der Waals surface area contributed by atoms with Gasteiger partial charge in [-0.2, -0.15) is 0 Å². The van der Waals surface area contributed by atoms with Gasteiger partial charge in [0.15, 0.2) is 19.3 Å². The maximum absolute atomic E-state index is 11.4. The summed E-state index contributed by atoms with van der Waals surface area (Å²) in [4.78, 5) is 0.632. The topological polar surface area (TPSA) is 184 Å². The molecule has 1 saturated heterocycles. The van der Waals surface area contributed by atoms with E-state index in [-0.39, 0.29) is 30.1 Å². The Hall–Kier alpha value is -1.80. The number of aliphatic hydroxyl groups is 6. The van der Waals surface area contributed by atoms with Gasteiger partial charge in [-0.1, -0.05) is 13.8 Å². The molecule has 0 amide bonds. The van der Waals surface area contributed by atoms with Crippen LogP contribution in [0.15, 0.2) is 0 Å². The summed E-state index contributed by atoms with van der Waals surface area (Å²) in [6.07, 6.45) is -1.09. The van der Waals surface area contributed by atoms with Crippen molar-refractivity contribution in [2.75, 3.05) is 14.2 Å². The zero-order chi connectivity index (χ0) is 23.7. The van der Waals surface area contributed by atoms with Gasteiger partial charge in [-0.05, 0) is 18.8 Å². The summed E-state index contributed by atoms with van der Waals surface area (Å²) >= 11 is 0. The molecular weight excluding hydrogens is 413 g/mol. The minimum absolute atomic E-state index is 0.0151. The highest BCUT2D eigenvalue weighted by molar-refractivity contribution is 6.14. The van der Waals surface area contributed by atoms with Crippen LogP contribution in [-0.4, -0.2) is 85.5 Å². The molecule has 1 fully saturated rings. The SMILES string of the molecule is BC1(O)C(CC(C)C)C(O)CC2c3c(O)c(OC)c(OC)c(O)c3C(O)(O)C(O)(O)N21. The van der Waals surface area contributed by atoms with Crippen molar-refractivity contribution in [1.82, 2.24) is 4.90 Å². The number of benzene rings is 1. The summed E-state index contributed by atoms with van der Waals surface area (Å²) in [5, 5.41) is 87.2. The van der Waals surface area contributed by atoms with E-state index in [4.69, 9.17) is 9.47 Å². The number of aromatic hydroxyl groups is 2. The molecule has 11 nitrogen and oxygen atoms in total. The van der Waals surface area contributed by atoms with Crippen molar-refractivity contribution < 1.29 is 50.3 Å². The van der Waals surface area contributed by atoms with Gasteiger partial charge in [0.2, 0.25) is 11.5 Å². The summed E-state index contributed by atoms with van der Waals surface area (Å²) in [6, 6.07) is -1.34. The maximum Gasteiger partial charge on any atom is 0.289 e. The van der Waals surface area contributed by atoms with E-state index in [1.54, 1.807) is 0 Å². The number of ether oxygens (including phenoxy) is 2. The van der Waals surface area contributed by atoms with E-state index in [1.165, 1.54) is 15.0 Å². The molecule has 2 aliphatic heterocycles. The molecule has 1 aromatic carbocycles. The molecule has 0 spiro atoms. The molecule has 2 heterocycles. The third-order valence-electron chi connectivity index (χ3n) is 6.45. The molecule has 3 rings (SSSR count). The van der Waals surface area contributed by atoms with Gasteiger partial charge in [-0.25, -0.2) is 4.90 Å². The first-order valence-corrected chi connectivity index (χ1v) is 9.95. The average molecular weight is 443 g/mol. The lowest BCUT2D eigenvalue weighted by Gasteiger charge is -2.61. The number of hydrogen-bond donors (Lipinski definition) is 8. The van der Waals surface area contributed by atoms with Gasteiger partial charge in [0.1, 0.15) is 0 Å². The zero-order valence-electron chi connectivity index (χ0n) is 18.1. The normalized spacial score (nSPS) is 31.8. The van der Waals surface area contributed by atoms with Gasteiger partial charge in [0, 0.05) is 17.5 Å². The van der Waals surface area contributed by atoms with Crippen LogP contribution in [-0.2, 0) is 5.79 Å². The Kier molecular flexibility index (Phi) is 5.68. The number of aliphatic hydroxyl groups excluding tert-OH is 1. The van der Waals surface area contributed by atoms with Gasteiger partial charge in [-0.15, -0.1) is 0 Å². The molecule has 0 aromatic heterocycles. The van der Waals surface area contributed by atoms with E-state index in [9.17, 15) is 40.9 Å². The minimum atomic E-state index is -3.57. The van der Waals surface area contributed by atoms with E-state index < -0.39 is 58.2 Å². The zero-order valence-corrected chi connectivity index (χ0v) is 18.1. The number of phenolic OH excluding ortho intramolecular Hbond substituents is 2. The van der Waals surface area contributed by atoms with Crippen molar-refractivity contribution in [3.8, 4) is 23.0 Å². The number of methoxy groups -OCH3 is 2. The minimum Gasteiger partial charge on any atom is -0.504 e. The second-order valence-corrected chi connectivity index (χ2v) is 8.88. The van der Waals surface area contributed by atoms with Crippen LogP contribution in [0.5, 0.6) is 23.0 Å². The standard InChI is InChI=1S/C19H30BNO10/c1-7(2)5-8-10(22)6-9-11-12(14(24)16(31-4)15(30-3)13(11)23)17(25,26)19(28,29)21(9)18(8,20)27/h7-10,22-29H,5-6,20H2,1-4H3. The molecule has 12 heteroatoms. The lowest BCUT2D eigenvalue weighted by molar-refractivity contribution is -0.464. The highest BCUT2D eigenvalue weighted by atomic mass is 16.6. The van der Waals surface area contributed by atoms with E-state index in [0.29, 0.717) is 4.90 Å². The maximum atomic E-state index is 11.4. The molecule has 8 N–H and O–H groups in total. The number of piperidine rings is 1. The second kappa shape index (κ2) is 7.37. The van der Waals surface area contributed by atoms with Gasteiger partial charge in [0.25, 0.3) is 11.7 Å². The van der Waals surface area contributed by atoms with Crippen LogP contribution >= 0.6 is 0 Å². The van der Waals surface area contributed by atoms with Crippen LogP contribution in [0.25, 0.3) is 0 Å². The van der Waals surface area contributed by atoms with E-state index in [0.717, 1.165) is 7.11 Å². The van der Waals surface area contributed by atoms with Crippen molar-refractivity contribution in [3.05, 3.63) is 11.1 Å². The van der Waals surface area contributed by atoms with Crippen molar-refractivity contribution >= 4 is 7.85 Å². The van der Waals surface area contributed by atoms with Crippen LogP contribution in [0.3, 0.4) is 0 Å². The first-order chi connectivity index (χ1) is 14.2. The summed E-state index contributed by atoms with van der Waals surface area (Å²) in [5.41, 5.74) is -3.33. The van der Waals surface area contributed by atoms with Crippen molar-refractivity contribution in [3.63, 3.8) is 0 Å². The summed E-state index contributed by atoms with van der Waals surface area (Å²) in [6.45, 7) is 3.71. The summed E-state index contributed by atoms with van der Waals surface area (Å²) < 4.78 is 10.1. The van der Waals surface area contributed by atoms with Gasteiger partial charge >= 0.3 is 0 Å². The second-order valence-electron chi connectivity index (χ2n) is 8.88. The van der Waals surface area contributed by atoms with Crippen LogP contribution in [0, 0.1) is 11.8 Å². The molecule has 0 radical (unpaired) electrons. The molecule has 4 atom stereocenters. The van der Waals surface area contributed by atoms with Gasteiger partial charge in [-0.3, -0.25) is 0 Å². The third kappa shape index (κ3) is 3.09. The third-order valence-corrected chi connectivity index (χ3v) is 6.45. The predicted octanol–water partition coefficient (Wildman–Crippen LogP) is -2.05. The molecule has 4 unspecified atom stereocenters. The molecule has 0 bridgehead atoms. The summed E-state index contributed by atoms with van der Waals surface area (Å²) in [5.74, 6) is -10.3. The number of rotatable bonds is 4. The Balaban J connectivity index is 2.37. The predicted molar refractivity (Wildman–Crippen MR) is 108 cm³/mol. The van der Waals surface area contributed by atoms with Crippen molar-refractivity contribution in [2.45, 2.75) is 56.2 Å². The number of hydrogen-bond acceptors (Lipinski definition) is 11. The van der Waals surface area contributed by atoms with E-state index in [2.05, 4.69) is 0 Å². The lowest BCUT2D eigenvalue weighted by Crippen LogP contribution is -2.77. The van der Waals surface area contributed by atoms with E-state index in [1.807, 2.05) is 13.8 Å². The lowest BCUT2D eigenvalue weighted by atomic mass is 9.63. The first-order valence-electron chi connectivity index (χ1n) is 9.95. The molecule has 1 aromatic rings. The fourth-order valence-electron chi connectivity index (χ4n) is 5.11. The Bertz CT molecular complexity index is 872. The number of nitrogens with zero attached hydrogens (tertiary/aromatic N) is 1. The Morgan fingerprint density at radius 2 is 1.55 bits per heavy atom. The van der Waals surface area contributed by atoms with Crippen molar-refractivity contribution in [1.29, 1.82) is 0 Å². The Morgan fingerprint density at radius 3 is 2.03 bits per heavy atom. The van der Waals surface area contributed by atoms with Crippen LogP contribution < -0.4 is 9.47 Å². The Morgan fingerprint density at radius 1 is 1.03 bits per heavy atom. The van der Waals surface area contributed by atoms with Crippen LogP contribution in [0.4, 0.5) is 0 Å². The molecule has 0 aliphatic carbocycles. The molecule has 0 saturated carbocycles. The fraction of sp³-hybridized carbons (Fsp3) is 0.684. The molecule has 2 aliphatic rings. The average Bonchev–Trinajstić information content (AvgIpc) is 2.63. The quantitative estimate of drug-likeness (QED) is 0.146. The highest BCUT2D eigenvalue weighted by Gasteiger charge is 2.69. The fourth-order valence-corrected chi connectivity index (χ4v) is 5.11. The van der Waals surface area contributed by atoms with Crippen LogP contribution in [0.2, 0.25) is 0 Å². The van der Waals surface area contributed by atoms with Crippen molar-refractivity contribution in [2.24, 2.45) is 11.8 Å².